The molecule has 0 fully saturated rings. The fourth-order valence-corrected chi connectivity index (χ4v) is 5.12. The molecule has 0 N–H and O–H groups in total. The molecule has 0 spiro atoms. The third kappa shape index (κ3) is 4.88. The van der Waals surface area contributed by atoms with E-state index in [1.165, 1.54) is 67.0 Å². The van der Waals surface area contributed by atoms with Gasteiger partial charge in [-0.2, -0.15) is 0 Å². The van der Waals surface area contributed by atoms with Gasteiger partial charge in [-0.1, -0.05) is 107 Å². The lowest BCUT2D eigenvalue weighted by Crippen LogP contribution is -2.35. The highest BCUT2D eigenvalue weighted by molar-refractivity contribution is 6.00. The lowest BCUT2D eigenvalue weighted by Gasteiger charge is -2.33. The molecular formula is C36H36N+. The summed E-state index contributed by atoms with van der Waals surface area (Å²) in [4.78, 5) is 0. The van der Waals surface area contributed by atoms with Crippen LogP contribution in [0.3, 0.4) is 0 Å². The van der Waals surface area contributed by atoms with Gasteiger partial charge in [-0.05, 0) is 68.1 Å². The fourth-order valence-electron chi connectivity index (χ4n) is 5.12. The Kier molecular flexibility index (Phi) is 6.58. The van der Waals surface area contributed by atoms with Gasteiger partial charge in [0, 0.05) is 11.6 Å². The van der Waals surface area contributed by atoms with E-state index in [2.05, 4.69) is 151 Å². The molecule has 1 heteroatoms. The van der Waals surface area contributed by atoms with Crippen molar-refractivity contribution >= 4 is 11.4 Å². The lowest BCUT2D eigenvalue weighted by molar-refractivity contribution is 0.556. The molecule has 5 aromatic rings. The summed E-state index contributed by atoms with van der Waals surface area (Å²) in [5.41, 5.74) is 15.2. The number of aryl methyl sites for hydroxylation is 4. The number of hydrogen-bond acceptors (Lipinski definition) is 0. The van der Waals surface area contributed by atoms with Gasteiger partial charge in [0.1, 0.15) is 11.4 Å². The zero-order valence-corrected chi connectivity index (χ0v) is 22.8. The minimum atomic E-state index is 0.649. The number of nitrogens with zero attached hydrogens (tertiary/aromatic N) is 1. The Morgan fingerprint density at radius 2 is 0.757 bits per heavy atom. The highest BCUT2D eigenvalue weighted by atomic mass is 15.3. The van der Waals surface area contributed by atoms with Gasteiger partial charge in [-0.3, -0.25) is 4.48 Å². The fraction of sp³-hybridized carbons (Fsp3) is 0.167. The SMILES string of the molecule is Cc1ccc(-c2ccc([N+](C)(C)c3ccc(C)cc3)c(-c3ccc(C)cc3)c2-c2ccc(C)cc2)cc1. The van der Waals surface area contributed by atoms with Gasteiger partial charge in [-0.25, -0.2) is 0 Å². The third-order valence-electron chi connectivity index (χ3n) is 7.51. The third-order valence-corrected chi connectivity index (χ3v) is 7.51. The van der Waals surface area contributed by atoms with Crippen LogP contribution in [0.1, 0.15) is 22.3 Å². The Hall–Kier alpha value is -3.94. The zero-order valence-electron chi connectivity index (χ0n) is 22.8. The lowest BCUT2D eigenvalue weighted by atomic mass is 9.85. The zero-order chi connectivity index (χ0) is 26.2. The van der Waals surface area contributed by atoms with Crippen molar-refractivity contribution in [3.8, 4) is 33.4 Å². The Bertz CT molecular complexity index is 1520. The van der Waals surface area contributed by atoms with Crippen molar-refractivity contribution in [2.45, 2.75) is 27.7 Å². The Balaban J connectivity index is 1.88. The van der Waals surface area contributed by atoms with E-state index in [4.69, 9.17) is 0 Å². The van der Waals surface area contributed by atoms with Crippen LogP contribution >= 0.6 is 0 Å². The van der Waals surface area contributed by atoms with Crippen molar-refractivity contribution < 1.29 is 0 Å². The minimum absolute atomic E-state index is 0.649. The van der Waals surface area contributed by atoms with Crippen LogP contribution in [0, 0.1) is 27.7 Å². The normalized spacial score (nSPS) is 11.5. The maximum Gasteiger partial charge on any atom is 0.146 e. The molecule has 0 atom stereocenters. The van der Waals surface area contributed by atoms with E-state index in [1.54, 1.807) is 0 Å². The first-order valence-corrected chi connectivity index (χ1v) is 13.0. The van der Waals surface area contributed by atoms with Crippen molar-refractivity contribution in [1.29, 1.82) is 0 Å². The number of hydrogen-bond donors (Lipinski definition) is 0. The Morgan fingerprint density at radius 3 is 1.22 bits per heavy atom. The van der Waals surface area contributed by atoms with E-state index in [1.807, 2.05) is 0 Å². The van der Waals surface area contributed by atoms with Gasteiger partial charge < -0.3 is 0 Å². The van der Waals surface area contributed by atoms with E-state index in [0.717, 1.165) is 0 Å². The smallest absolute Gasteiger partial charge is 0.146 e. The second-order valence-electron chi connectivity index (χ2n) is 10.8. The average molecular weight is 483 g/mol. The van der Waals surface area contributed by atoms with Crippen molar-refractivity contribution in [2.24, 2.45) is 0 Å². The van der Waals surface area contributed by atoms with Crippen LogP contribution in [0.15, 0.2) is 109 Å². The largest absolute Gasteiger partial charge is 0.263 e. The first kappa shape index (κ1) is 24.7. The number of rotatable bonds is 5. The maximum absolute atomic E-state index is 2.34. The van der Waals surface area contributed by atoms with Gasteiger partial charge in [0.05, 0.1) is 19.7 Å². The predicted octanol–water partition coefficient (Wildman–Crippen LogP) is 9.82. The molecule has 5 aromatic carbocycles. The van der Waals surface area contributed by atoms with Crippen LogP contribution in [0.2, 0.25) is 0 Å². The van der Waals surface area contributed by atoms with Crippen LogP contribution in [0.25, 0.3) is 33.4 Å². The molecule has 0 aliphatic carbocycles. The summed E-state index contributed by atoms with van der Waals surface area (Å²) in [6.07, 6.45) is 0. The van der Waals surface area contributed by atoms with Crippen molar-refractivity contribution in [1.82, 2.24) is 4.48 Å². The summed E-state index contributed by atoms with van der Waals surface area (Å²) in [5.74, 6) is 0. The first-order valence-electron chi connectivity index (χ1n) is 13.0. The first-order chi connectivity index (χ1) is 17.7. The molecule has 0 radical (unpaired) electrons. The van der Waals surface area contributed by atoms with Crippen LogP contribution in [-0.4, -0.2) is 14.1 Å². The van der Waals surface area contributed by atoms with Crippen molar-refractivity contribution in [3.63, 3.8) is 0 Å². The van der Waals surface area contributed by atoms with Crippen LogP contribution < -0.4 is 4.48 Å². The molecule has 1 nitrogen and oxygen atoms in total. The molecule has 0 bridgehead atoms. The molecule has 5 rings (SSSR count). The molecule has 0 amide bonds. The Labute approximate surface area is 222 Å². The van der Waals surface area contributed by atoms with Crippen LogP contribution in [-0.2, 0) is 0 Å². The molecule has 0 saturated carbocycles. The molecule has 0 aromatic heterocycles. The van der Waals surface area contributed by atoms with Gasteiger partial charge in [0.25, 0.3) is 0 Å². The van der Waals surface area contributed by atoms with Gasteiger partial charge in [0.15, 0.2) is 0 Å². The van der Waals surface area contributed by atoms with E-state index >= 15 is 0 Å². The van der Waals surface area contributed by atoms with Gasteiger partial charge in [-0.15, -0.1) is 0 Å². The van der Waals surface area contributed by atoms with Crippen molar-refractivity contribution in [2.75, 3.05) is 14.1 Å². The second kappa shape index (κ2) is 9.84. The average Bonchev–Trinajstić information content (AvgIpc) is 2.90. The molecule has 184 valence electrons. The molecule has 0 saturated heterocycles. The van der Waals surface area contributed by atoms with Crippen molar-refractivity contribution in [3.05, 3.63) is 131 Å². The summed E-state index contributed by atoms with van der Waals surface area (Å²) in [6.45, 7) is 8.60. The number of benzene rings is 5. The van der Waals surface area contributed by atoms with E-state index in [9.17, 15) is 0 Å². The van der Waals surface area contributed by atoms with Gasteiger partial charge in [0.2, 0.25) is 0 Å². The highest BCUT2D eigenvalue weighted by Crippen LogP contribution is 2.48. The summed E-state index contributed by atoms with van der Waals surface area (Å²) in [6, 6.07) is 40.5. The van der Waals surface area contributed by atoms with Gasteiger partial charge >= 0.3 is 0 Å². The second-order valence-corrected chi connectivity index (χ2v) is 10.8. The summed E-state index contributed by atoms with van der Waals surface area (Å²) >= 11 is 0. The molecule has 0 heterocycles. The minimum Gasteiger partial charge on any atom is -0.263 e. The number of quaternary nitrogens is 1. The highest BCUT2D eigenvalue weighted by Gasteiger charge is 2.30. The molecule has 37 heavy (non-hydrogen) atoms. The Morgan fingerprint density at radius 1 is 0.378 bits per heavy atom. The molecule has 0 aliphatic heterocycles. The van der Waals surface area contributed by atoms with Crippen LogP contribution in [0.4, 0.5) is 11.4 Å². The molecular weight excluding hydrogens is 446 g/mol. The topological polar surface area (TPSA) is 0 Å². The monoisotopic (exact) mass is 482 g/mol. The van der Waals surface area contributed by atoms with E-state index in [0.29, 0.717) is 4.48 Å². The maximum atomic E-state index is 2.34. The van der Waals surface area contributed by atoms with Crippen LogP contribution in [0.5, 0.6) is 0 Å². The molecule has 0 aliphatic rings. The predicted molar refractivity (Wildman–Crippen MR) is 161 cm³/mol. The standard InChI is InChI=1S/C36H36N/c1-25-7-15-29(16-8-25)33-23-24-34(37(5,6)32-21-13-28(4)14-22-32)36(31-19-11-27(3)12-20-31)35(33)30-17-9-26(2)10-18-30/h7-24H,1-6H3/q+1. The summed E-state index contributed by atoms with van der Waals surface area (Å²) < 4.78 is 0.649. The summed E-state index contributed by atoms with van der Waals surface area (Å²) in [7, 11) is 4.59. The van der Waals surface area contributed by atoms with E-state index in [-0.39, 0.29) is 0 Å². The molecule has 0 unspecified atom stereocenters. The van der Waals surface area contributed by atoms with E-state index < -0.39 is 0 Å². The summed E-state index contributed by atoms with van der Waals surface area (Å²) in [5, 5.41) is 0. The quantitative estimate of drug-likeness (QED) is 0.219.